The molecular weight excluding hydrogens is 192 g/mol. The number of ether oxygens (including phenoxy) is 1. The molecule has 1 heterocycles. The fourth-order valence-electron chi connectivity index (χ4n) is 1.11. The topological polar surface area (TPSA) is 59.1 Å². The van der Waals surface area contributed by atoms with E-state index in [0.29, 0.717) is 6.61 Å². The second-order valence-electron chi connectivity index (χ2n) is 2.94. The van der Waals surface area contributed by atoms with Crippen molar-refractivity contribution in [2.45, 2.75) is 13.8 Å². The van der Waals surface area contributed by atoms with Gasteiger partial charge in [0, 0.05) is 19.7 Å². The number of rotatable bonds is 7. The summed E-state index contributed by atoms with van der Waals surface area (Å²) in [6.45, 7) is 7.02. The largest absolute Gasteiger partial charge is 0.380 e. The van der Waals surface area contributed by atoms with Gasteiger partial charge in [0.25, 0.3) is 0 Å². The fraction of sp³-hybridized carbons (Fsp3) is 0.600. The minimum atomic E-state index is 0.684. The Labute approximate surface area is 90.3 Å². The fourth-order valence-corrected chi connectivity index (χ4v) is 1.11. The van der Waals surface area contributed by atoms with Gasteiger partial charge in [0.2, 0.25) is 0 Å². The van der Waals surface area contributed by atoms with Crippen molar-refractivity contribution in [3.05, 3.63) is 12.4 Å². The van der Waals surface area contributed by atoms with E-state index in [4.69, 9.17) is 4.74 Å². The third kappa shape index (κ3) is 4.60. The highest BCUT2D eigenvalue weighted by molar-refractivity contribution is 5.41. The summed E-state index contributed by atoms with van der Waals surface area (Å²) in [4.78, 5) is 8.39. The molecule has 0 saturated heterocycles. The van der Waals surface area contributed by atoms with Crippen LogP contribution in [0, 0.1) is 0 Å². The molecule has 0 aliphatic heterocycles. The van der Waals surface area contributed by atoms with E-state index in [2.05, 4.69) is 20.6 Å². The first-order valence-electron chi connectivity index (χ1n) is 5.24. The van der Waals surface area contributed by atoms with Crippen molar-refractivity contribution < 1.29 is 4.74 Å². The number of aromatic nitrogens is 2. The maximum atomic E-state index is 5.21. The molecule has 5 nitrogen and oxygen atoms in total. The first kappa shape index (κ1) is 11.7. The summed E-state index contributed by atoms with van der Waals surface area (Å²) in [5.41, 5.74) is 0. The van der Waals surface area contributed by atoms with Gasteiger partial charge in [-0.05, 0) is 13.8 Å². The van der Waals surface area contributed by atoms with Crippen LogP contribution in [-0.2, 0) is 4.74 Å². The monoisotopic (exact) mass is 210 g/mol. The first-order valence-corrected chi connectivity index (χ1v) is 5.24. The molecule has 1 rings (SSSR count). The zero-order valence-electron chi connectivity index (χ0n) is 9.29. The number of hydrogen-bond acceptors (Lipinski definition) is 5. The Balaban J connectivity index is 2.36. The highest BCUT2D eigenvalue weighted by Crippen LogP contribution is 2.05. The van der Waals surface area contributed by atoms with Gasteiger partial charge >= 0.3 is 0 Å². The Bertz CT molecular complexity index is 280. The summed E-state index contributed by atoms with van der Waals surface area (Å²) < 4.78 is 5.21. The SMILES string of the molecule is CCNc1cncc(NCCOCC)n1. The molecule has 1 aromatic rings. The molecule has 0 bridgehead atoms. The molecule has 0 fully saturated rings. The van der Waals surface area contributed by atoms with Crippen LogP contribution in [0.4, 0.5) is 11.6 Å². The van der Waals surface area contributed by atoms with Gasteiger partial charge in [-0.15, -0.1) is 0 Å². The molecule has 0 unspecified atom stereocenters. The van der Waals surface area contributed by atoms with Gasteiger partial charge in [0.1, 0.15) is 11.6 Å². The molecule has 0 aliphatic rings. The molecule has 0 aromatic carbocycles. The molecular formula is C10H18N4O. The summed E-state index contributed by atoms with van der Waals surface area (Å²) >= 11 is 0. The van der Waals surface area contributed by atoms with Crippen LogP contribution in [0.2, 0.25) is 0 Å². The van der Waals surface area contributed by atoms with Gasteiger partial charge < -0.3 is 15.4 Å². The quantitative estimate of drug-likeness (QED) is 0.665. The van der Waals surface area contributed by atoms with Gasteiger partial charge in [0.15, 0.2) is 0 Å². The van der Waals surface area contributed by atoms with E-state index >= 15 is 0 Å². The lowest BCUT2D eigenvalue weighted by Gasteiger charge is -2.07. The minimum absolute atomic E-state index is 0.684. The van der Waals surface area contributed by atoms with Crippen molar-refractivity contribution in [3.8, 4) is 0 Å². The predicted octanol–water partition coefficient (Wildman–Crippen LogP) is 1.36. The highest BCUT2D eigenvalue weighted by atomic mass is 16.5. The zero-order valence-corrected chi connectivity index (χ0v) is 9.29. The van der Waals surface area contributed by atoms with Crippen molar-refractivity contribution in [1.82, 2.24) is 9.97 Å². The van der Waals surface area contributed by atoms with Crippen LogP contribution in [0.1, 0.15) is 13.8 Å². The molecule has 1 aromatic heterocycles. The summed E-state index contributed by atoms with van der Waals surface area (Å²) in [6.07, 6.45) is 3.41. The van der Waals surface area contributed by atoms with Crippen molar-refractivity contribution >= 4 is 11.6 Å². The van der Waals surface area contributed by atoms with E-state index in [1.54, 1.807) is 12.4 Å². The third-order valence-electron chi connectivity index (χ3n) is 1.75. The van der Waals surface area contributed by atoms with Crippen molar-refractivity contribution in [2.24, 2.45) is 0 Å². The number of anilines is 2. The Hall–Kier alpha value is -1.36. The third-order valence-corrected chi connectivity index (χ3v) is 1.75. The Morgan fingerprint density at radius 1 is 1.20 bits per heavy atom. The average Bonchev–Trinajstić information content (AvgIpc) is 2.26. The molecule has 0 spiro atoms. The summed E-state index contributed by atoms with van der Waals surface area (Å²) in [6, 6.07) is 0. The van der Waals surface area contributed by atoms with Crippen LogP contribution in [0.3, 0.4) is 0 Å². The molecule has 0 aliphatic carbocycles. The number of hydrogen-bond donors (Lipinski definition) is 2. The molecule has 0 saturated carbocycles. The first-order chi connectivity index (χ1) is 7.36. The highest BCUT2D eigenvalue weighted by Gasteiger charge is 1.96. The van der Waals surface area contributed by atoms with Gasteiger partial charge in [-0.2, -0.15) is 0 Å². The van der Waals surface area contributed by atoms with Crippen molar-refractivity contribution in [3.63, 3.8) is 0 Å². The lowest BCUT2D eigenvalue weighted by atomic mass is 10.5. The Kier molecular flexibility index (Phi) is 5.47. The lowest BCUT2D eigenvalue weighted by Crippen LogP contribution is -2.11. The molecule has 2 N–H and O–H groups in total. The minimum Gasteiger partial charge on any atom is -0.380 e. The van der Waals surface area contributed by atoms with E-state index < -0.39 is 0 Å². The summed E-state index contributed by atoms with van der Waals surface area (Å²) in [5, 5.41) is 6.24. The van der Waals surface area contributed by atoms with E-state index in [1.165, 1.54) is 0 Å². The van der Waals surface area contributed by atoms with Gasteiger partial charge in [-0.1, -0.05) is 0 Å². The molecule has 0 atom stereocenters. The van der Waals surface area contributed by atoms with E-state index in [9.17, 15) is 0 Å². The molecule has 15 heavy (non-hydrogen) atoms. The maximum Gasteiger partial charge on any atom is 0.147 e. The van der Waals surface area contributed by atoms with Crippen LogP contribution < -0.4 is 10.6 Å². The molecule has 5 heteroatoms. The Morgan fingerprint density at radius 2 is 1.93 bits per heavy atom. The van der Waals surface area contributed by atoms with Gasteiger partial charge in [0.05, 0.1) is 19.0 Å². The zero-order chi connectivity index (χ0) is 10.9. The van der Waals surface area contributed by atoms with E-state index in [0.717, 1.165) is 31.3 Å². The number of nitrogens with one attached hydrogen (secondary N) is 2. The molecule has 84 valence electrons. The van der Waals surface area contributed by atoms with Crippen LogP contribution in [0.15, 0.2) is 12.4 Å². The van der Waals surface area contributed by atoms with E-state index in [1.807, 2.05) is 13.8 Å². The van der Waals surface area contributed by atoms with Crippen molar-refractivity contribution in [2.75, 3.05) is 36.9 Å². The van der Waals surface area contributed by atoms with Crippen LogP contribution in [-0.4, -0.2) is 36.3 Å². The second-order valence-corrected chi connectivity index (χ2v) is 2.94. The van der Waals surface area contributed by atoms with E-state index in [-0.39, 0.29) is 0 Å². The Morgan fingerprint density at radius 3 is 2.60 bits per heavy atom. The smallest absolute Gasteiger partial charge is 0.147 e. The molecule has 0 amide bonds. The van der Waals surface area contributed by atoms with Crippen LogP contribution >= 0.6 is 0 Å². The number of nitrogens with zero attached hydrogens (tertiary/aromatic N) is 2. The standard InChI is InChI=1S/C10H18N4O/c1-3-12-9-7-11-8-10(14-9)13-5-6-15-4-2/h7-8H,3-6H2,1-2H3,(H2,12,13,14). The maximum absolute atomic E-state index is 5.21. The predicted molar refractivity (Wildman–Crippen MR) is 61.2 cm³/mol. The second kappa shape index (κ2) is 7.00. The summed E-state index contributed by atoms with van der Waals surface area (Å²) in [5.74, 6) is 1.56. The van der Waals surface area contributed by atoms with Crippen LogP contribution in [0.25, 0.3) is 0 Å². The summed E-state index contributed by atoms with van der Waals surface area (Å²) in [7, 11) is 0. The van der Waals surface area contributed by atoms with Crippen molar-refractivity contribution in [1.29, 1.82) is 0 Å². The normalized spacial score (nSPS) is 10.0. The average molecular weight is 210 g/mol. The van der Waals surface area contributed by atoms with Gasteiger partial charge in [-0.3, -0.25) is 4.98 Å². The molecule has 0 radical (unpaired) electrons. The lowest BCUT2D eigenvalue weighted by molar-refractivity contribution is 0.158. The van der Waals surface area contributed by atoms with Crippen LogP contribution in [0.5, 0.6) is 0 Å². The van der Waals surface area contributed by atoms with Gasteiger partial charge in [-0.25, -0.2) is 4.98 Å².